The molecule has 2 rings (SSSR count). The second-order valence-electron chi connectivity index (χ2n) is 5.70. The van der Waals surface area contributed by atoms with Crippen molar-refractivity contribution >= 4 is 11.7 Å². The van der Waals surface area contributed by atoms with E-state index in [9.17, 15) is 9.18 Å². The first kappa shape index (κ1) is 18.7. The molecule has 1 aromatic rings. The van der Waals surface area contributed by atoms with Crippen molar-refractivity contribution in [3.8, 4) is 0 Å². The Hall–Kier alpha value is -1.66. The van der Waals surface area contributed by atoms with E-state index in [4.69, 9.17) is 14.2 Å². The number of rotatable bonds is 8. The van der Waals surface area contributed by atoms with Gasteiger partial charge in [0.15, 0.2) is 0 Å². The molecule has 0 aliphatic carbocycles. The van der Waals surface area contributed by atoms with E-state index in [-0.39, 0.29) is 18.2 Å². The molecule has 1 atom stereocenters. The molecular formula is C18H26FNO4. The fraction of sp³-hybridized carbons (Fsp3) is 0.611. The van der Waals surface area contributed by atoms with Gasteiger partial charge in [0.2, 0.25) is 0 Å². The van der Waals surface area contributed by atoms with E-state index in [0.717, 1.165) is 5.69 Å². The van der Waals surface area contributed by atoms with E-state index >= 15 is 0 Å². The van der Waals surface area contributed by atoms with Crippen molar-refractivity contribution in [3.05, 3.63) is 29.6 Å². The minimum absolute atomic E-state index is 0.270. The maximum atomic E-state index is 14.4. The molecule has 1 saturated heterocycles. The van der Waals surface area contributed by atoms with Gasteiger partial charge in [0.05, 0.1) is 18.8 Å². The van der Waals surface area contributed by atoms with Crippen LogP contribution in [0, 0.1) is 5.82 Å². The molecule has 0 unspecified atom stereocenters. The topological polar surface area (TPSA) is 48.0 Å². The van der Waals surface area contributed by atoms with Gasteiger partial charge in [-0.3, -0.25) is 4.79 Å². The highest BCUT2D eigenvalue weighted by molar-refractivity contribution is 5.70. The summed E-state index contributed by atoms with van der Waals surface area (Å²) in [5.41, 5.74) is 1.20. The lowest BCUT2D eigenvalue weighted by Gasteiger charge is -2.31. The molecule has 1 aromatic carbocycles. The minimum Gasteiger partial charge on any atom is -0.458 e. The largest absolute Gasteiger partial charge is 0.458 e. The van der Waals surface area contributed by atoms with Crippen LogP contribution < -0.4 is 4.90 Å². The Bertz CT molecular complexity index is 532. The SMILES string of the molecule is CCOCCCC(=O)O[C@H](C)c1c(F)cccc1N1CCOCC1. The highest BCUT2D eigenvalue weighted by Crippen LogP contribution is 2.31. The Morgan fingerprint density at radius 2 is 2.12 bits per heavy atom. The average molecular weight is 339 g/mol. The normalized spacial score (nSPS) is 16.0. The molecule has 1 fully saturated rings. The van der Waals surface area contributed by atoms with Crippen molar-refractivity contribution in [2.45, 2.75) is 32.8 Å². The predicted molar refractivity (Wildman–Crippen MR) is 89.7 cm³/mol. The summed E-state index contributed by atoms with van der Waals surface area (Å²) in [5, 5.41) is 0. The molecule has 0 bridgehead atoms. The summed E-state index contributed by atoms with van der Waals surface area (Å²) in [6.45, 7) is 7.40. The van der Waals surface area contributed by atoms with Gasteiger partial charge in [0, 0.05) is 38.4 Å². The quantitative estimate of drug-likeness (QED) is 0.538. The first-order valence-corrected chi connectivity index (χ1v) is 8.51. The summed E-state index contributed by atoms with van der Waals surface area (Å²) < 4.78 is 30.4. The molecule has 0 aromatic heterocycles. The van der Waals surface area contributed by atoms with Crippen LogP contribution in [0.5, 0.6) is 0 Å². The van der Waals surface area contributed by atoms with Crippen LogP contribution in [0.4, 0.5) is 10.1 Å². The molecule has 0 amide bonds. The van der Waals surface area contributed by atoms with E-state index in [2.05, 4.69) is 4.90 Å². The van der Waals surface area contributed by atoms with Crippen molar-refractivity contribution in [1.82, 2.24) is 0 Å². The molecule has 0 radical (unpaired) electrons. The molecule has 0 N–H and O–H groups in total. The van der Waals surface area contributed by atoms with Crippen molar-refractivity contribution in [1.29, 1.82) is 0 Å². The average Bonchev–Trinajstić information content (AvgIpc) is 2.59. The van der Waals surface area contributed by atoms with Crippen LogP contribution in [0.1, 0.15) is 38.4 Å². The van der Waals surface area contributed by atoms with E-state index in [1.54, 1.807) is 13.0 Å². The first-order valence-electron chi connectivity index (χ1n) is 8.51. The lowest BCUT2D eigenvalue weighted by atomic mass is 10.1. The highest BCUT2D eigenvalue weighted by Gasteiger charge is 2.23. The molecule has 0 spiro atoms. The molecule has 5 nitrogen and oxygen atoms in total. The fourth-order valence-electron chi connectivity index (χ4n) is 2.79. The Morgan fingerprint density at radius 1 is 1.38 bits per heavy atom. The van der Waals surface area contributed by atoms with Crippen LogP contribution in [-0.4, -0.2) is 45.5 Å². The number of morpholine rings is 1. The van der Waals surface area contributed by atoms with E-state index < -0.39 is 6.10 Å². The van der Waals surface area contributed by atoms with Crippen molar-refractivity contribution < 1.29 is 23.4 Å². The Labute approximate surface area is 142 Å². The zero-order valence-corrected chi connectivity index (χ0v) is 14.4. The van der Waals surface area contributed by atoms with Crippen molar-refractivity contribution in [2.24, 2.45) is 0 Å². The first-order chi connectivity index (χ1) is 11.6. The number of benzene rings is 1. The zero-order valence-electron chi connectivity index (χ0n) is 14.4. The van der Waals surface area contributed by atoms with Crippen molar-refractivity contribution in [2.75, 3.05) is 44.4 Å². The zero-order chi connectivity index (χ0) is 17.4. The van der Waals surface area contributed by atoms with Gasteiger partial charge in [-0.15, -0.1) is 0 Å². The maximum absolute atomic E-state index is 14.4. The molecule has 1 aliphatic heterocycles. The van der Waals surface area contributed by atoms with Crippen LogP contribution in [0.15, 0.2) is 18.2 Å². The second-order valence-corrected chi connectivity index (χ2v) is 5.70. The van der Waals surface area contributed by atoms with E-state index in [1.165, 1.54) is 6.07 Å². The third-order valence-corrected chi connectivity index (χ3v) is 3.97. The smallest absolute Gasteiger partial charge is 0.306 e. The van der Waals surface area contributed by atoms with Crippen LogP contribution >= 0.6 is 0 Å². The number of hydrogen-bond acceptors (Lipinski definition) is 5. The lowest BCUT2D eigenvalue weighted by molar-refractivity contribution is -0.149. The van der Waals surface area contributed by atoms with Gasteiger partial charge in [0.1, 0.15) is 11.9 Å². The summed E-state index contributed by atoms with van der Waals surface area (Å²) in [6, 6.07) is 4.95. The third kappa shape index (κ3) is 5.18. The van der Waals surface area contributed by atoms with Gasteiger partial charge in [-0.2, -0.15) is 0 Å². The maximum Gasteiger partial charge on any atom is 0.306 e. The Balaban J connectivity index is 2.02. The standard InChI is InChI=1S/C18H26FNO4/c1-3-22-11-5-8-17(21)24-14(2)18-15(19)6-4-7-16(18)20-9-12-23-13-10-20/h4,6-7,14H,3,5,8-13H2,1-2H3/t14-/m1/s1. The summed E-state index contributed by atoms with van der Waals surface area (Å²) in [7, 11) is 0. The Kier molecular flexibility index (Phi) is 7.46. The fourth-order valence-corrected chi connectivity index (χ4v) is 2.79. The molecule has 0 saturated carbocycles. The third-order valence-electron chi connectivity index (χ3n) is 3.97. The van der Waals surface area contributed by atoms with Crippen LogP contribution in [0.3, 0.4) is 0 Å². The summed E-state index contributed by atoms with van der Waals surface area (Å²) in [5.74, 6) is -0.688. The highest BCUT2D eigenvalue weighted by atomic mass is 19.1. The minimum atomic E-state index is -0.636. The monoisotopic (exact) mass is 339 g/mol. The van der Waals surface area contributed by atoms with Crippen LogP contribution in [0.25, 0.3) is 0 Å². The molecule has 6 heteroatoms. The van der Waals surface area contributed by atoms with Gasteiger partial charge >= 0.3 is 5.97 Å². The van der Waals surface area contributed by atoms with Gasteiger partial charge in [0.25, 0.3) is 0 Å². The van der Waals surface area contributed by atoms with Crippen LogP contribution in [-0.2, 0) is 19.0 Å². The molecule has 24 heavy (non-hydrogen) atoms. The van der Waals surface area contributed by atoms with Gasteiger partial charge in [-0.1, -0.05) is 6.07 Å². The number of anilines is 1. The molecule has 134 valence electrons. The number of halogens is 1. The van der Waals surface area contributed by atoms with Gasteiger partial charge in [-0.25, -0.2) is 4.39 Å². The summed E-state index contributed by atoms with van der Waals surface area (Å²) in [6.07, 6.45) is 0.238. The lowest BCUT2D eigenvalue weighted by Crippen LogP contribution is -2.37. The number of carbonyl (C=O) groups is 1. The summed E-state index contributed by atoms with van der Waals surface area (Å²) >= 11 is 0. The predicted octanol–water partition coefficient (Wildman–Crippen LogP) is 3.08. The van der Waals surface area contributed by atoms with Gasteiger partial charge < -0.3 is 19.1 Å². The van der Waals surface area contributed by atoms with Gasteiger partial charge in [-0.05, 0) is 32.4 Å². The number of nitrogens with zero attached hydrogens (tertiary/aromatic N) is 1. The number of carbonyl (C=O) groups excluding carboxylic acids is 1. The summed E-state index contributed by atoms with van der Waals surface area (Å²) in [4.78, 5) is 14.0. The molecule has 1 aliphatic rings. The van der Waals surface area contributed by atoms with Crippen molar-refractivity contribution in [3.63, 3.8) is 0 Å². The second kappa shape index (κ2) is 9.59. The molecule has 1 heterocycles. The van der Waals surface area contributed by atoms with E-state index in [0.29, 0.717) is 51.5 Å². The number of hydrogen-bond donors (Lipinski definition) is 0. The Morgan fingerprint density at radius 3 is 2.83 bits per heavy atom. The molecular weight excluding hydrogens is 313 g/mol. The van der Waals surface area contributed by atoms with Crippen LogP contribution in [0.2, 0.25) is 0 Å². The number of esters is 1. The van der Waals surface area contributed by atoms with E-state index in [1.807, 2.05) is 13.0 Å². The number of ether oxygens (including phenoxy) is 3.